The number of imide groups is 1. The minimum Gasteiger partial charge on any atom is -0.360 e. The van der Waals surface area contributed by atoms with Gasteiger partial charge >= 0.3 is 0 Å². The van der Waals surface area contributed by atoms with Gasteiger partial charge in [0.2, 0.25) is 11.8 Å². The van der Waals surface area contributed by atoms with Gasteiger partial charge in [-0.2, -0.15) is 0 Å². The highest BCUT2D eigenvalue weighted by Gasteiger charge is 2.64. The number of fused-ring (bicyclic) bond motifs is 5. The second kappa shape index (κ2) is 4.79. The zero-order valence-corrected chi connectivity index (χ0v) is 13.4. The number of benzene rings is 1. The van der Waals surface area contributed by atoms with E-state index in [1.54, 1.807) is 13.0 Å². The van der Waals surface area contributed by atoms with Gasteiger partial charge in [0.1, 0.15) is 5.76 Å². The molecule has 5 nitrogen and oxygen atoms in total. The van der Waals surface area contributed by atoms with Crippen molar-refractivity contribution in [3.05, 3.63) is 47.7 Å². The molecule has 5 heteroatoms. The lowest BCUT2D eigenvalue weighted by atomic mass is 9.73. The molecule has 0 N–H and O–H groups in total. The third-order valence-electron chi connectivity index (χ3n) is 6.09. The third kappa shape index (κ3) is 1.72. The van der Waals surface area contributed by atoms with Crippen molar-refractivity contribution in [1.82, 2.24) is 5.16 Å². The summed E-state index contributed by atoms with van der Waals surface area (Å²) in [4.78, 5) is 27.1. The number of amides is 2. The Balaban J connectivity index is 1.50. The fourth-order valence-electron chi connectivity index (χ4n) is 5.23. The van der Waals surface area contributed by atoms with E-state index in [1.165, 1.54) is 10.5 Å². The summed E-state index contributed by atoms with van der Waals surface area (Å²) in [7, 11) is 0. The Kier molecular flexibility index (Phi) is 2.78. The molecule has 122 valence electrons. The second-order valence-corrected chi connectivity index (χ2v) is 7.27. The highest BCUT2D eigenvalue weighted by molar-refractivity contribution is 6.22. The van der Waals surface area contributed by atoms with Crippen LogP contribution in [0, 0.1) is 30.6 Å². The van der Waals surface area contributed by atoms with Crippen molar-refractivity contribution >= 4 is 17.6 Å². The largest absolute Gasteiger partial charge is 0.360 e. The second-order valence-electron chi connectivity index (χ2n) is 7.27. The molecule has 1 aliphatic heterocycles. The molecular formula is C19H18N2O3. The summed E-state index contributed by atoms with van der Waals surface area (Å²) in [6.45, 7) is 1.76. The van der Waals surface area contributed by atoms with Crippen molar-refractivity contribution in [1.29, 1.82) is 0 Å². The van der Waals surface area contributed by atoms with Crippen molar-refractivity contribution in [2.24, 2.45) is 23.7 Å². The zero-order chi connectivity index (χ0) is 16.4. The Labute approximate surface area is 139 Å². The third-order valence-corrected chi connectivity index (χ3v) is 6.09. The molecule has 1 saturated heterocycles. The van der Waals surface area contributed by atoms with E-state index in [1.807, 2.05) is 18.2 Å². The molecule has 2 heterocycles. The minimum atomic E-state index is -0.196. The number of aryl methyl sites for hydroxylation is 1. The average Bonchev–Trinajstić information content (AvgIpc) is 3.32. The first-order chi connectivity index (χ1) is 11.6. The molecule has 1 aromatic heterocycles. The summed E-state index contributed by atoms with van der Waals surface area (Å²) < 4.78 is 5.06. The minimum absolute atomic E-state index is 0.0858. The maximum absolute atomic E-state index is 13.0. The zero-order valence-electron chi connectivity index (χ0n) is 13.4. The Morgan fingerprint density at radius 1 is 1.08 bits per heavy atom. The Morgan fingerprint density at radius 3 is 2.54 bits per heavy atom. The summed E-state index contributed by atoms with van der Waals surface area (Å²) >= 11 is 0. The fraction of sp³-hybridized carbons (Fsp3) is 0.421. The molecule has 1 aromatic carbocycles. The highest BCUT2D eigenvalue weighted by Crippen LogP contribution is 2.61. The topological polar surface area (TPSA) is 63.4 Å². The van der Waals surface area contributed by atoms with Gasteiger partial charge in [-0.15, -0.1) is 0 Å². The first-order valence-corrected chi connectivity index (χ1v) is 8.51. The number of hydrogen-bond donors (Lipinski definition) is 0. The van der Waals surface area contributed by atoms with E-state index in [9.17, 15) is 9.59 Å². The van der Waals surface area contributed by atoms with Crippen molar-refractivity contribution in [2.45, 2.75) is 25.7 Å². The van der Waals surface area contributed by atoms with Crippen LogP contribution in [0.4, 0.5) is 5.82 Å². The molecule has 2 saturated carbocycles. The van der Waals surface area contributed by atoms with Crippen molar-refractivity contribution in [3.8, 4) is 0 Å². The molecule has 0 radical (unpaired) electrons. The van der Waals surface area contributed by atoms with Gasteiger partial charge in [-0.3, -0.25) is 9.59 Å². The summed E-state index contributed by atoms with van der Waals surface area (Å²) in [5.41, 5.74) is 1.29. The van der Waals surface area contributed by atoms with Gasteiger partial charge in [0.25, 0.3) is 0 Å². The van der Waals surface area contributed by atoms with Crippen molar-refractivity contribution in [2.75, 3.05) is 4.90 Å². The highest BCUT2D eigenvalue weighted by atomic mass is 16.5. The van der Waals surface area contributed by atoms with E-state index in [4.69, 9.17) is 4.52 Å². The molecule has 24 heavy (non-hydrogen) atoms. The van der Waals surface area contributed by atoms with Crippen LogP contribution in [-0.2, 0) is 9.59 Å². The van der Waals surface area contributed by atoms with Gasteiger partial charge in [0.15, 0.2) is 5.82 Å². The summed E-state index contributed by atoms with van der Waals surface area (Å²) in [6.07, 6.45) is 1.98. The van der Waals surface area contributed by atoms with Crippen LogP contribution in [-0.4, -0.2) is 17.0 Å². The maximum atomic E-state index is 13.0. The van der Waals surface area contributed by atoms with Crippen LogP contribution in [0.1, 0.15) is 30.1 Å². The maximum Gasteiger partial charge on any atom is 0.239 e. The van der Waals surface area contributed by atoms with Gasteiger partial charge < -0.3 is 4.52 Å². The normalized spacial score (nSPS) is 34.2. The van der Waals surface area contributed by atoms with Crippen LogP contribution in [0.3, 0.4) is 0 Å². The van der Waals surface area contributed by atoms with E-state index in [-0.39, 0.29) is 29.6 Å². The van der Waals surface area contributed by atoms with E-state index < -0.39 is 0 Å². The summed E-state index contributed by atoms with van der Waals surface area (Å²) in [6, 6.07) is 12.0. The first-order valence-electron chi connectivity index (χ1n) is 8.51. The number of rotatable bonds is 2. The molecule has 5 atom stereocenters. The number of hydrogen-bond acceptors (Lipinski definition) is 4. The van der Waals surface area contributed by atoms with Gasteiger partial charge in [-0.05, 0) is 43.1 Å². The van der Waals surface area contributed by atoms with Crippen LogP contribution in [0.5, 0.6) is 0 Å². The predicted octanol–water partition coefficient (Wildman–Crippen LogP) is 2.91. The molecule has 0 spiro atoms. The smallest absolute Gasteiger partial charge is 0.239 e. The molecular weight excluding hydrogens is 304 g/mol. The standard InChI is InChI=1S/C19H18N2O3/c1-10-7-15(20-24-10)21-18(22)16-12-8-13(11-5-3-2-4-6-11)14(9-12)17(16)19(21)23/h2-7,12-14,16-17H,8-9H2,1H3/t12-,13-,14-,16-,17+/m1/s1. The van der Waals surface area contributed by atoms with Crippen LogP contribution < -0.4 is 4.90 Å². The molecule has 3 fully saturated rings. The lowest BCUT2D eigenvalue weighted by Gasteiger charge is -2.28. The molecule has 2 aliphatic carbocycles. The number of carbonyl (C=O) groups is 2. The number of aromatic nitrogens is 1. The van der Waals surface area contributed by atoms with Gasteiger partial charge in [0.05, 0.1) is 11.8 Å². The van der Waals surface area contributed by atoms with Gasteiger partial charge in [-0.1, -0.05) is 35.5 Å². The Bertz CT molecular complexity index is 828. The van der Waals surface area contributed by atoms with Crippen LogP contribution >= 0.6 is 0 Å². The lowest BCUT2D eigenvalue weighted by Crippen LogP contribution is -2.33. The first kappa shape index (κ1) is 14.0. The quantitative estimate of drug-likeness (QED) is 0.798. The number of carbonyl (C=O) groups excluding carboxylic acids is 2. The molecule has 2 amide bonds. The van der Waals surface area contributed by atoms with Gasteiger partial charge in [-0.25, -0.2) is 4.90 Å². The number of anilines is 1. The SMILES string of the molecule is Cc1cc(N2C(=O)[C@@H]3[C@H]4C[C@@H]([C@@H]3C2=O)[C@@H](c2ccccc2)C4)no1. The van der Waals surface area contributed by atoms with Crippen LogP contribution in [0.25, 0.3) is 0 Å². The van der Waals surface area contributed by atoms with Crippen LogP contribution in [0.2, 0.25) is 0 Å². The van der Waals surface area contributed by atoms with Crippen molar-refractivity contribution in [3.63, 3.8) is 0 Å². The summed E-state index contributed by atoms with van der Waals surface area (Å²) in [5, 5.41) is 3.88. The Morgan fingerprint density at radius 2 is 1.83 bits per heavy atom. The summed E-state index contributed by atoms with van der Waals surface area (Å²) in [5.74, 6) is 1.35. The van der Waals surface area contributed by atoms with E-state index in [0.29, 0.717) is 23.4 Å². The number of nitrogens with zero attached hydrogens (tertiary/aromatic N) is 2. The predicted molar refractivity (Wildman–Crippen MR) is 86.1 cm³/mol. The monoisotopic (exact) mass is 322 g/mol. The molecule has 2 aromatic rings. The fourth-order valence-corrected chi connectivity index (χ4v) is 5.23. The van der Waals surface area contributed by atoms with E-state index in [0.717, 1.165) is 12.8 Å². The molecule has 2 bridgehead atoms. The Hall–Kier alpha value is -2.43. The van der Waals surface area contributed by atoms with Gasteiger partial charge in [0, 0.05) is 6.07 Å². The van der Waals surface area contributed by atoms with E-state index in [2.05, 4.69) is 17.3 Å². The van der Waals surface area contributed by atoms with Crippen molar-refractivity contribution < 1.29 is 14.1 Å². The lowest BCUT2D eigenvalue weighted by molar-refractivity contribution is -0.123. The van der Waals surface area contributed by atoms with Crippen LogP contribution in [0.15, 0.2) is 40.9 Å². The average molecular weight is 322 g/mol. The molecule has 3 aliphatic rings. The van der Waals surface area contributed by atoms with E-state index >= 15 is 0 Å². The molecule has 5 rings (SSSR count). The molecule has 0 unspecified atom stereocenters.